The predicted octanol–water partition coefficient (Wildman–Crippen LogP) is 6.94. The Balaban J connectivity index is 1.71. The van der Waals surface area contributed by atoms with Gasteiger partial charge in [0.2, 0.25) is 0 Å². The van der Waals surface area contributed by atoms with E-state index < -0.39 is 0 Å². The van der Waals surface area contributed by atoms with Crippen molar-refractivity contribution < 1.29 is 4.39 Å². The van der Waals surface area contributed by atoms with Crippen molar-refractivity contribution in [2.75, 3.05) is 0 Å². The van der Waals surface area contributed by atoms with Crippen molar-refractivity contribution in [2.24, 2.45) is 5.92 Å². The van der Waals surface area contributed by atoms with Gasteiger partial charge in [0.15, 0.2) is 0 Å². The lowest BCUT2D eigenvalue weighted by molar-refractivity contribution is 0.308. The van der Waals surface area contributed by atoms with Crippen LogP contribution in [0, 0.1) is 23.6 Å². The van der Waals surface area contributed by atoms with E-state index in [-0.39, 0.29) is 5.82 Å². The van der Waals surface area contributed by atoms with Crippen LogP contribution >= 0.6 is 0 Å². The van der Waals surface area contributed by atoms with Gasteiger partial charge in [0, 0.05) is 11.1 Å². The Morgan fingerprint density at radius 3 is 2.32 bits per heavy atom. The molecular weight excluding hydrogens is 307 g/mol. The van der Waals surface area contributed by atoms with Gasteiger partial charge >= 0.3 is 0 Å². The summed E-state index contributed by atoms with van der Waals surface area (Å²) in [6.07, 6.45) is 7.98. The largest absolute Gasteiger partial charge is 0.206 e. The predicted molar refractivity (Wildman–Crippen MR) is 104 cm³/mol. The standard InChI is InChI=1S/C24H27F/c1-3-5-18-7-10-20(11-8-18)21-12-14-22(15-13-21)23-16-9-19(6-4-2)17-24(23)25/h9,12-18,20H,3,5,7-8,10-11H2,1-2H3. The van der Waals surface area contributed by atoms with E-state index in [9.17, 15) is 4.39 Å². The maximum Gasteiger partial charge on any atom is 0.132 e. The van der Waals surface area contributed by atoms with Gasteiger partial charge in [-0.2, -0.15) is 0 Å². The first-order valence-corrected chi connectivity index (χ1v) is 9.54. The zero-order chi connectivity index (χ0) is 17.6. The fraction of sp³-hybridized carbons (Fsp3) is 0.417. The van der Waals surface area contributed by atoms with E-state index in [1.807, 2.05) is 12.1 Å². The Morgan fingerprint density at radius 2 is 1.72 bits per heavy atom. The van der Waals surface area contributed by atoms with Crippen molar-refractivity contribution in [1.82, 2.24) is 0 Å². The maximum atomic E-state index is 14.4. The zero-order valence-electron chi connectivity index (χ0n) is 15.3. The number of halogens is 1. The molecule has 1 saturated carbocycles. The molecule has 0 N–H and O–H groups in total. The molecule has 0 atom stereocenters. The summed E-state index contributed by atoms with van der Waals surface area (Å²) in [4.78, 5) is 0. The van der Waals surface area contributed by atoms with Crippen molar-refractivity contribution in [2.45, 2.75) is 58.3 Å². The molecule has 0 aromatic heterocycles. The van der Waals surface area contributed by atoms with Crippen LogP contribution in [0.4, 0.5) is 4.39 Å². The molecule has 0 saturated heterocycles. The highest BCUT2D eigenvalue weighted by molar-refractivity contribution is 5.65. The minimum Gasteiger partial charge on any atom is -0.206 e. The van der Waals surface area contributed by atoms with E-state index >= 15 is 0 Å². The maximum absolute atomic E-state index is 14.4. The Kier molecular flexibility index (Phi) is 5.92. The topological polar surface area (TPSA) is 0 Å². The highest BCUT2D eigenvalue weighted by Gasteiger charge is 2.21. The van der Waals surface area contributed by atoms with Gasteiger partial charge in [0.05, 0.1) is 0 Å². The minimum atomic E-state index is -0.201. The average Bonchev–Trinajstić information content (AvgIpc) is 2.63. The van der Waals surface area contributed by atoms with Crippen molar-refractivity contribution in [3.63, 3.8) is 0 Å². The molecule has 0 heterocycles. The van der Waals surface area contributed by atoms with Crippen molar-refractivity contribution in [3.05, 3.63) is 59.4 Å². The Morgan fingerprint density at radius 1 is 1.00 bits per heavy atom. The first kappa shape index (κ1) is 17.7. The van der Waals surface area contributed by atoms with Crippen LogP contribution in [0.25, 0.3) is 11.1 Å². The second kappa shape index (κ2) is 8.34. The molecule has 0 aliphatic heterocycles. The van der Waals surface area contributed by atoms with E-state index in [4.69, 9.17) is 0 Å². The van der Waals surface area contributed by atoms with Gasteiger partial charge in [-0.05, 0) is 67.7 Å². The van der Waals surface area contributed by atoms with Gasteiger partial charge < -0.3 is 0 Å². The molecule has 1 aliphatic carbocycles. The highest BCUT2D eigenvalue weighted by atomic mass is 19.1. The van der Waals surface area contributed by atoms with Crippen molar-refractivity contribution in [3.8, 4) is 23.0 Å². The van der Waals surface area contributed by atoms with Crippen LogP contribution in [0.15, 0.2) is 42.5 Å². The van der Waals surface area contributed by atoms with Gasteiger partial charge in [0.1, 0.15) is 5.82 Å². The Hall–Kier alpha value is -2.07. The number of benzene rings is 2. The summed E-state index contributed by atoms with van der Waals surface area (Å²) >= 11 is 0. The fourth-order valence-corrected chi connectivity index (χ4v) is 4.10. The van der Waals surface area contributed by atoms with Crippen LogP contribution in [0.3, 0.4) is 0 Å². The molecule has 0 spiro atoms. The minimum absolute atomic E-state index is 0.201. The second-order valence-corrected chi connectivity index (χ2v) is 7.20. The van der Waals surface area contributed by atoms with Crippen molar-refractivity contribution in [1.29, 1.82) is 0 Å². The third-order valence-electron chi connectivity index (χ3n) is 5.48. The fourth-order valence-electron chi connectivity index (χ4n) is 4.10. The van der Waals surface area contributed by atoms with E-state index in [0.717, 1.165) is 17.0 Å². The summed E-state index contributed by atoms with van der Waals surface area (Å²) in [5.41, 5.74) is 3.73. The highest BCUT2D eigenvalue weighted by Crippen LogP contribution is 2.38. The number of hydrogen-bond donors (Lipinski definition) is 0. The SMILES string of the molecule is CC#Cc1ccc(-c2ccc(C3CCC(CCC)CC3)cc2)c(F)c1. The van der Waals surface area contributed by atoms with E-state index in [2.05, 4.69) is 43.0 Å². The molecule has 0 amide bonds. The van der Waals surface area contributed by atoms with Crippen LogP contribution in [-0.4, -0.2) is 0 Å². The molecule has 1 aliphatic rings. The molecule has 1 heteroatoms. The van der Waals surface area contributed by atoms with Gasteiger partial charge in [-0.1, -0.05) is 56.0 Å². The van der Waals surface area contributed by atoms with E-state index in [1.54, 1.807) is 6.92 Å². The lowest BCUT2D eigenvalue weighted by atomic mass is 9.77. The van der Waals surface area contributed by atoms with Crippen LogP contribution in [-0.2, 0) is 0 Å². The number of rotatable bonds is 4. The Bertz CT molecular complexity index is 753. The normalized spacial score (nSPS) is 20.0. The number of hydrogen-bond acceptors (Lipinski definition) is 0. The van der Waals surface area contributed by atoms with Gasteiger partial charge in [-0.3, -0.25) is 0 Å². The van der Waals surface area contributed by atoms with E-state index in [0.29, 0.717) is 11.5 Å². The lowest BCUT2D eigenvalue weighted by Crippen LogP contribution is -2.13. The molecule has 0 nitrogen and oxygen atoms in total. The summed E-state index contributed by atoms with van der Waals surface area (Å²) in [7, 11) is 0. The smallest absolute Gasteiger partial charge is 0.132 e. The summed E-state index contributed by atoms with van der Waals surface area (Å²) in [6, 6.07) is 13.8. The second-order valence-electron chi connectivity index (χ2n) is 7.20. The first-order valence-electron chi connectivity index (χ1n) is 9.54. The quantitative estimate of drug-likeness (QED) is 0.531. The lowest BCUT2D eigenvalue weighted by Gasteiger charge is -2.28. The third kappa shape index (κ3) is 4.31. The van der Waals surface area contributed by atoms with Crippen molar-refractivity contribution >= 4 is 0 Å². The molecule has 0 radical (unpaired) electrons. The van der Waals surface area contributed by atoms with Gasteiger partial charge in [0.25, 0.3) is 0 Å². The van der Waals surface area contributed by atoms with Crippen LogP contribution in [0.5, 0.6) is 0 Å². The molecule has 0 bridgehead atoms. The van der Waals surface area contributed by atoms with E-state index in [1.165, 1.54) is 50.2 Å². The molecule has 25 heavy (non-hydrogen) atoms. The first-order chi connectivity index (χ1) is 12.2. The zero-order valence-corrected chi connectivity index (χ0v) is 15.3. The van der Waals surface area contributed by atoms with Gasteiger partial charge in [-0.25, -0.2) is 4.39 Å². The summed E-state index contributed by atoms with van der Waals surface area (Å²) in [5.74, 6) is 7.11. The third-order valence-corrected chi connectivity index (χ3v) is 5.48. The van der Waals surface area contributed by atoms with Gasteiger partial charge in [-0.15, -0.1) is 5.92 Å². The monoisotopic (exact) mass is 334 g/mol. The van der Waals surface area contributed by atoms with Crippen LogP contribution in [0.1, 0.15) is 69.4 Å². The molecule has 1 fully saturated rings. The van der Waals surface area contributed by atoms with Crippen LogP contribution < -0.4 is 0 Å². The average molecular weight is 334 g/mol. The summed E-state index contributed by atoms with van der Waals surface area (Å²) in [6.45, 7) is 4.05. The molecule has 130 valence electrons. The Labute approximate surface area is 151 Å². The molecule has 0 unspecified atom stereocenters. The summed E-state index contributed by atoms with van der Waals surface area (Å²) in [5, 5.41) is 0. The molecule has 2 aromatic rings. The molecule has 2 aromatic carbocycles. The summed E-state index contributed by atoms with van der Waals surface area (Å²) < 4.78 is 14.4. The molecular formula is C24H27F. The molecule has 3 rings (SSSR count). The van der Waals surface area contributed by atoms with Crippen LogP contribution in [0.2, 0.25) is 0 Å².